The lowest BCUT2D eigenvalue weighted by Crippen LogP contribution is -2.20. The third-order valence-corrected chi connectivity index (χ3v) is 5.88. The maximum atomic E-state index is 11.9. The van der Waals surface area contributed by atoms with Gasteiger partial charge in [0.05, 0.1) is 6.61 Å². The normalized spacial score (nSPS) is 16.9. The van der Waals surface area contributed by atoms with Gasteiger partial charge in [0.1, 0.15) is 11.5 Å². The second kappa shape index (κ2) is 9.31. The van der Waals surface area contributed by atoms with Crippen LogP contribution in [-0.2, 0) is 11.4 Å². The lowest BCUT2D eigenvalue weighted by Gasteiger charge is -2.25. The van der Waals surface area contributed by atoms with E-state index in [0.29, 0.717) is 24.6 Å². The third kappa shape index (κ3) is 4.62. The van der Waals surface area contributed by atoms with Gasteiger partial charge in [0.15, 0.2) is 0 Å². The summed E-state index contributed by atoms with van der Waals surface area (Å²) in [5.41, 5.74) is 3.80. The smallest absolute Gasteiger partial charge is 0.220 e. The van der Waals surface area contributed by atoms with E-state index in [-0.39, 0.29) is 24.3 Å². The average molecular weight is 417 g/mol. The van der Waals surface area contributed by atoms with Gasteiger partial charge in [0.25, 0.3) is 0 Å². The highest BCUT2D eigenvalue weighted by molar-refractivity contribution is 5.78. The molecule has 2 heterocycles. The van der Waals surface area contributed by atoms with Gasteiger partial charge in [-0.05, 0) is 58.9 Å². The molecule has 31 heavy (non-hydrogen) atoms. The topological polar surface area (TPSA) is 71.5 Å². The number of aromatic nitrogens is 1. The first-order valence-electron chi connectivity index (χ1n) is 10.7. The Morgan fingerprint density at radius 2 is 1.90 bits per heavy atom. The number of amides is 1. The second-order valence-electron chi connectivity index (χ2n) is 8.31. The zero-order valence-electron chi connectivity index (χ0n) is 17.9. The van der Waals surface area contributed by atoms with Crippen LogP contribution in [0.2, 0.25) is 0 Å². The van der Waals surface area contributed by atoms with Crippen LogP contribution in [0.15, 0.2) is 66.9 Å². The second-order valence-corrected chi connectivity index (χ2v) is 8.31. The molecule has 3 aromatic rings. The Bertz CT molecular complexity index is 1050. The van der Waals surface area contributed by atoms with Crippen molar-refractivity contribution in [3.63, 3.8) is 0 Å². The molecule has 0 radical (unpaired) electrons. The number of aliphatic hydroxyl groups is 1. The van der Waals surface area contributed by atoms with Crippen molar-refractivity contribution in [1.29, 1.82) is 0 Å². The van der Waals surface area contributed by atoms with Crippen LogP contribution in [0.5, 0.6) is 11.5 Å². The fourth-order valence-electron chi connectivity index (χ4n) is 4.34. The summed E-state index contributed by atoms with van der Waals surface area (Å²) in [6.45, 7) is 4.76. The van der Waals surface area contributed by atoms with Crippen molar-refractivity contribution in [3.05, 3.63) is 89.2 Å². The van der Waals surface area contributed by atoms with Gasteiger partial charge in [-0.15, -0.1) is 0 Å². The molecule has 1 aliphatic heterocycles. The number of hydrogen-bond donors (Lipinski definition) is 2. The monoisotopic (exact) mass is 416 g/mol. The minimum Gasteiger partial charge on any atom is -0.457 e. The summed E-state index contributed by atoms with van der Waals surface area (Å²) in [6.07, 6.45) is 2.22. The maximum absolute atomic E-state index is 11.9. The first-order valence-corrected chi connectivity index (χ1v) is 10.7. The van der Waals surface area contributed by atoms with E-state index in [1.165, 1.54) is 0 Å². The molecule has 2 aromatic carbocycles. The van der Waals surface area contributed by atoms with Crippen LogP contribution in [0, 0.1) is 5.92 Å². The summed E-state index contributed by atoms with van der Waals surface area (Å²) in [5, 5.41) is 13.1. The quantitative estimate of drug-likeness (QED) is 0.583. The number of aliphatic hydroxyl groups excluding tert-OH is 1. The van der Waals surface area contributed by atoms with Crippen LogP contribution >= 0.6 is 0 Å². The van der Waals surface area contributed by atoms with Gasteiger partial charge >= 0.3 is 0 Å². The van der Waals surface area contributed by atoms with Crippen molar-refractivity contribution in [2.24, 2.45) is 5.92 Å². The fraction of sp³-hybridized carbons (Fsp3) is 0.308. The maximum Gasteiger partial charge on any atom is 0.220 e. The Hall–Kier alpha value is -3.18. The molecule has 1 fully saturated rings. The minimum absolute atomic E-state index is 0.0572. The van der Waals surface area contributed by atoms with Gasteiger partial charge in [0, 0.05) is 30.8 Å². The predicted octanol–water partition coefficient (Wildman–Crippen LogP) is 4.76. The van der Waals surface area contributed by atoms with Crippen LogP contribution in [0.25, 0.3) is 0 Å². The van der Waals surface area contributed by atoms with Crippen LogP contribution in [0.3, 0.4) is 0 Å². The van der Waals surface area contributed by atoms with Gasteiger partial charge in [-0.2, -0.15) is 0 Å². The number of carbonyl (C=O) groups excluding carboxylic acids is 1. The molecule has 0 aliphatic carbocycles. The predicted molar refractivity (Wildman–Crippen MR) is 120 cm³/mol. The largest absolute Gasteiger partial charge is 0.457 e. The number of carbonyl (C=O) groups is 1. The highest BCUT2D eigenvalue weighted by atomic mass is 16.5. The van der Waals surface area contributed by atoms with Crippen molar-refractivity contribution in [2.45, 2.75) is 38.7 Å². The summed E-state index contributed by atoms with van der Waals surface area (Å²) in [6, 6.07) is 19.7. The van der Waals surface area contributed by atoms with Crippen molar-refractivity contribution >= 4 is 5.91 Å². The van der Waals surface area contributed by atoms with Crippen LogP contribution in [-0.4, -0.2) is 22.5 Å². The molecule has 2 N–H and O–H groups in total. The van der Waals surface area contributed by atoms with E-state index in [1.807, 2.05) is 54.6 Å². The zero-order valence-corrected chi connectivity index (χ0v) is 17.9. The number of rotatable bonds is 7. The number of pyridine rings is 1. The van der Waals surface area contributed by atoms with Gasteiger partial charge in [0.2, 0.25) is 5.91 Å². The minimum atomic E-state index is -0.115. The van der Waals surface area contributed by atoms with E-state index in [9.17, 15) is 9.90 Å². The lowest BCUT2D eigenvalue weighted by molar-refractivity contribution is -0.119. The number of nitrogens with one attached hydrogen (secondary N) is 1. The molecule has 1 saturated heterocycles. The van der Waals surface area contributed by atoms with Gasteiger partial charge in [-0.25, -0.2) is 0 Å². The van der Waals surface area contributed by atoms with Crippen molar-refractivity contribution in [2.75, 3.05) is 6.54 Å². The average Bonchev–Trinajstić information content (AvgIpc) is 3.21. The van der Waals surface area contributed by atoms with E-state index in [0.717, 1.165) is 28.1 Å². The van der Waals surface area contributed by atoms with Crippen molar-refractivity contribution in [1.82, 2.24) is 10.3 Å². The molecule has 0 bridgehead atoms. The summed E-state index contributed by atoms with van der Waals surface area (Å²) < 4.78 is 6.20. The van der Waals surface area contributed by atoms with E-state index in [2.05, 4.69) is 30.2 Å². The molecule has 0 spiro atoms. The number of benzene rings is 2. The van der Waals surface area contributed by atoms with Crippen LogP contribution < -0.4 is 10.1 Å². The van der Waals surface area contributed by atoms with Gasteiger partial charge in [-0.1, -0.05) is 44.2 Å². The van der Waals surface area contributed by atoms with E-state index >= 15 is 0 Å². The summed E-state index contributed by atoms with van der Waals surface area (Å²) >= 11 is 0. The number of ether oxygens (including phenoxy) is 1. The molecule has 4 rings (SSSR count). The summed E-state index contributed by atoms with van der Waals surface area (Å²) in [7, 11) is 0. The molecule has 2 atom stereocenters. The molecule has 5 nitrogen and oxygen atoms in total. The highest BCUT2D eigenvalue weighted by Gasteiger charge is 2.33. The number of nitrogens with zero attached hydrogens (tertiary/aromatic N) is 1. The lowest BCUT2D eigenvalue weighted by atomic mass is 9.80. The molecule has 1 aromatic heterocycles. The van der Waals surface area contributed by atoms with E-state index in [1.54, 1.807) is 6.20 Å². The Labute approximate surface area is 183 Å². The zero-order chi connectivity index (χ0) is 21.8. The molecular formula is C26H28N2O3. The molecule has 1 amide bonds. The van der Waals surface area contributed by atoms with Crippen LogP contribution in [0.4, 0.5) is 0 Å². The Balaban J connectivity index is 1.70. The van der Waals surface area contributed by atoms with E-state index in [4.69, 9.17) is 4.74 Å². The summed E-state index contributed by atoms with van der Waals surface area (Å²) in [4.78, 5) is 16.5. The Morgan fingerprint density at radius 3 is 2.58 bits per heavy atom. The third-order valence-electron chi connectivity index (χ3n) is 5.88. The SMILES string of the molecule is CC(C)c1ccccc1Oc1ccc(C(c2ccccn2)C2CNC(=O)C2)c(CO)c1. The molecular weight excluding hydrogens is 388 g/mol. The van der Waals surface area contributed by atoms with Gasteiger partial charge in [-0.3, -0.25) is 9.78 Å². The standard InChI is InChI=1S/C26H28N2O3/c1-17(2)21-7-3-4-9-24(21)31-20-10-11-22(19(13-20)16-29)26(18-14-25(30)28-15-18)23-8-5-6-12-27-23/h3-13,17-18,26,29H,14-16H2,1-2H3,(H,28,30). The van der Waals surface area contributed by atoms with Gasteiger partial charge < -0.3 is 15.2 Å². The van der Waals surface area contributed by atoms with Crippen LogP contribution in [0.1, 0.15) is 54.5 Å². The number of hydrogen-bond acceptors (Lipinski definition) is 4. The van der Waals surface area contributed by atoms with E-state index < -0.39 is 0 Å². The Morgan fingerprint density at radius 1 is 1.10 bits per heavy atom. The Kier molecular flexibility index (Phi) is 6.33. The van der Waals surface area contributed by atoms with Crippen molar-refractivity contribution < 1.29 is 14.6 Å². The number of para-hydroxylation sites is 1. The molecule has 1 aliphatic rings. The van der Waals surface area contributed by atoms with Crippen molar-refractivity contribution in [3.8, 4) is 11.5 Å². The molecule has 0 saturated carbocycles. The molecule has 5 heteroatoms. The fourth-order valence-corrected chi connectivity index (χ4v) is 4.34. The molecule has 160 valence electrons. The first-order chi connectivity index (χ1) is 15.1. The highest BCUT2D eigenvalue weighted by Crippen LogP contribution is 2.38. The summed E-state index contributed by atoms with van der Waals surface area (Å²) in [5.74, 6) is 1.90. The molecule has 2 unspecified atom stereocenters. The first kappa shape index (κ1) is 21.1.